The number of nitrogens with one attached hydrogen (secondary N) is 1. The molecule has 0 bridgehead atoms. The second kappa shape index (κ2) is 6.26. The Hall–Kier alpha value is -1.75. The van der Waals surface area contributed by atoms with Crippen LogP contribution in [0, 0.1) is 0 Å². The van der Waals surface area contributed by atoms with Crippen molar-refractivity contribution in [3.8, 4) is 5.75 Å². The Morgan fingerprint density at radius 3 is 2.50 bits per heavy atom. The number of methoxy groups -OCH3 is 1. The second-order valence-corrected chi connectivity index (χ2v) is 3.81. The first-order valence-corrected chi connectivity index (χ1v) is 5.42. The molecule has 1 fully saturated rings. The fourth-order valence-electron chi connectivity index (χ4n) is 1.69. The van der Waals surface area contributed by atoms with Crippen LogP contribution in [0.15, 0.2) is 24.3 Å². The number of hydrogen-bond acceptors (Lipinski definition) is 3. The van der Waals surface area contributed by atoms with Gasteiger partial charge in [0.2, 0.25) is 5.91 Å². The van der Waals surface area contributed by atoms with E-state index in [0.29, 0.717) is 19.5 Å². The normalized spacial score (nSPS) is 14.8. The van der Waals surface area contributed by atoms with Crippen molar-refractivity contribution < 1.29 is 14.3 Å². The molecule has 0 atom stereocenters. The topological polar surface area (TPSA) is 58.6 Å². The van der Waals surface area contributed by atoms with Gasteiger partial charge >= 0.3 is 6.03 Å². The molecule has 5 nitrogen and oxygen atoms in total. The molecule has 0 spiro atoms. The van der Waals surface area contributed by atoms with Crippen molar-refractivity contribution in [3.63, 3.8) is 0 Å². The van der Waals surface area contributed by atoms with Gasteiger partial charge in [0.05, 0.1) is 13.7 Å². The summed E-state index contributed by atoms with van der Waals surface area (Å²) in [5.74, 6) is 0.618. The van der Waals surface area contributed by atoms with Gasteiger partial charge in [-0.15, -0.1) is 12.4 Å². The molecule has 0 radical (unpaired) electrons. The van der Waals surface area contributed by atoms with Gasteiger partial charge in [-0.1, -0.05) is 12.1 Å². The summed E-state index contributed by atoms with van der Waals surface area (Å²) in [6.07, 6.45) is 0.363. The van der Waals surface area contributed by atoms with Crippen molar-refractivity contribution in [2.75, 3.05) is 13.7 Å². The van der Waals surface area contributed by atoms with Crippen LogP contribution >= 0.6 is 12.4 Å². The molecule has 2 rings (SSSR count). The highest BCUT2D eigenvalue weighted by Gasteiger charge is 2.25. The Morgan fingerprint density at radius 2 is 1.94 bits per heavy atom. The monoisotopic (exact) mass is 270 g/mol. The number of ether oxygens (including phenoxy) is 1. The summed E-state index contributed by atoms with van der Waals surface area (Å²) in [5.41, 5.74) is 0.899. The summed E-state index contributed by atoms with van der Waals surface area (Å²) in [7, 11) is 1.59. The summed E-state index contributed by atoms with van der Waals surface area (Å²) in [6, 6.07) is 6.97. The van der Waals surface area contributed by atoms with Crippen LogP contribution in [0.2, 0.25) is 0 Å². The average molecular weight is 271 g/mol. The lowest BCUT2D eigenvalue weighted by Gasteiger charge is -2.25. The molecule has 0 unspecified atom stereocenters. The lowest BCUT2D eigenvalue weighted by molar-refractivity contribution is -0.129. The van der Waals surface area contributed by atoms with Crippen LogP contribution in [0.3, 0.4) is 0 Å². The number of amides is 3. The Balaban J connectivity index is 0.00000162. The standard InChI is InChI=1S/C12H14N2O3.ClH/c1-17-10-4-2-9(3-5-10)8-14-11(15)6-7-13-12(14)16;/h2-5H,6-8H2,1H3,(H,13,16);1H. The van der Waals surface area contributed by atoms with E-state index in [0.717, 1.165) is 11.3 Å². The van der Waals surface area contributed by atoms with E-state index in [2.05, 4.69) is 5.32 Å². The second-order valence-electron chi connectivity index (χ2n) is 3.81. The number of urea groups is 1. The predicted molar refractivity (Wildman–Crippen MR) is 68.8 cm³/mol. The van der Waals surface area contributed by atoms with Crippen molar-refractivity contribution in [2.24, 2.45) is 0 Å². The summed E-state index contributed by atoms with van der Waals surface area (Å²) in [5, 5.41) is 2.65. The Morgan fingerprint density at radius 1 is 1.28 bits per heavy atom. The highest BCUT2D eigenvalue weighted by molar-refractivity contribution is 5.96. The van der Waals surface area contributed by atoms with Crippen LogP contribution in [0.1, 0.15) is 12.0 Å². The summed E-state index contributed by atoms with van der Waals surface area (Å²) in [6.45, 7) is 0.728. The van der Waals surface area contributed by atoms with Gasteiger partial charge in [-0.2, -0.15) is 0 Å². The molecule has 1 N–H and O–H groups in total. The molecule has 0 saturated carbocycles. The third-order valence-electron chi connectivity index (χ3n) is 2.66. The van der Waals surface area contributed by atoms with E-state index in [4.69, 9.17) is 4.74 Å². The number of imide groups is 1. The summed E-state index contributed by atoms with van der Waals surface area (Å²) in [4.78, 5) is 24.3. The third kappa shape index (κ3) is 3.13. The first-order valence-electron chi connectivity index (χ1n) is 5.42. The molecule has 18 heavy (non-hydrogen) atoms. The molecule has 98 valence electrons. The summed E-state index contributed by atoms with van der Waals surface area (Å²) < 4.78 is 5.04. The molecule has 1 heterocycles. The maximum absolute atomic E-state index is 11.6. The van der Waals surface area contributed by atoms with Gasteiger partial charge in [0.1, 0.15) is 5.75 Å². The fourth-order valence-corrected chi connectivity index (χ4v) is 1.69. The molecular formula is C12H15ClN2O3. The van der Waals surface area contributed by atoms with E-state index in [-0.39, 0.29) is 24.3 Å². The van der Waals surface area contributed by atoms with Crippen LogP contribution < -0.4 is 10.1 Å². The van der Waals surface area contributed by atoms with Crippen LogP contribution in [-0.4, -0.2) is 30.5 Å². The number of nitrogens with zero attached hydrogens (tertiary/aromatic N) is 1. The van der Waals surface area contributed by atoms with Crippen molar-refractivity contribution >= 4 is 24.3 Å². The Bertz CT molecular complexity index is 417. The highest BCUT2D eigenvalue weighted by atomic mass is 35.5. The van der Waals surface area contributed by atoms with Crippen molar-refractivity contribution in [3.05, 3.63) is 29.8 Å². The maximum Gasteiger partial charge on any atom is 0.324 e. The van der Waals surface area contributed by atoms with E-state index in [1.54, 1.807) is 7.11 Å². The Kier molecular flexibility index (Phi) is 4.97. The van der Waals surface area contributed by atoms with Crippen molar-refractivity contribution in [1.82, 2.24) is 10.2 Å². The van der Waals surface area contributed by atoms with Gasteiger partial charge < -0.3 is 10.1 Å². The quantitative estimate of drug-likeness (QED) is 0.907. The molecule has 1 aromatic carbocycles. The van der Waals surface area contributed by atoms with Crippen LogP contribution in [-0.2, 0) is 11.3 Å². The minimum Gasteiger partial charge on any atom is -0.497 e. The zero-order chi connectivity index (χ0) is 12.3. The number of carbonyl (C=O) groups is 2. The van der Waals surface area contributed by atoms with Gasteiger partial charge in [-0.05, 0) is 17.7 Å². The summed E-state index contributed by atoms with van der Waals surface area (Å²) >= 11 is 0. The molecule has 1 aliphatic rings. The predicted octanol–water partition coefficient (Wildman–Crippen LogP) is 1.56. The lowest BCUT2D eigenvalue weighted by Crippen LogP contribution is -2.49. The SMILES string of the molecule is COc1ccc(CN2C(=O)CCNC2=O)cc1.Cl. The van der Waals surface area contributed by atoms with E-state index in [1.165, 1.54) is 4.90 Å². The molecule has 6 heteroatoms. The van der Waals surface area contributed by atoms with Gasteiger partial charge in [-0.25, -0.2) is 4.79 Å². The molecule has 0 aromatic heterocycles. The average Bonchev–Trinajstić information content (AvgIpc) is 2.35. The molecular weight excluding hydrogens is 256 g/mol. The number of benzene rings is 1. The molecule has 1 aromatic rings. The molecule has 1 saturated heterocycles. The van der Waals surface area contributed by atoms with E-state index >= 15 is 0 Å². The van der Waals surface area contributed by atoms with Crippen LogP contribution in [0.4, 0.5) is 4.79 Å². The van der Waals surface area contributed by atoms with Crippen molar-refractivity contribution in [1.29, 1.82) is 0 Å². The first kappa shape index (κ1) is 14.3. The van der Waals surface area contributed by atoms with Crippen LogP contribution in [0.25, 0.3) is 0 Å². The maximum atomic E-state index is 11.6. The third-order valence-corrected chi connectivity index (χ3v) is 2.66. The first-order chi connectivity index (χ1) is 8.20. The van der Waals surface area contributed by atoms with Gasteiger partial charge in [0.15, 0.2) is 0 Å². The number of carbonyl (C=O) groups excluding carboxylic acids is 2. The Labute approximate surface area is 112 Å². The van der Waals surface area contributed by atoms with Crippen LogP contribution in [0.5, 0.6) is 5.75 Å². The van der Waals surface area contributed by atoms with E-state index in [9.17, 15) is 9.59 Å². The largest absolute Gasteiger partial charge is 0.497 e. The lowest BCUT2D eigenvalue weighted by atomic mass is 10.2. The fraction of sp³-hybridized carbons (Fsp3) is 0.333. The minimum atomic E-state index is -0.322. The van der Waals surface area contributed by atoms with E-state index < -0.39 is 0 Å². The zero-order valence-electron chi connectivity index (χ0n) is 10.0. The highest BCUT2D eigenvalue weighted by Crippen LogP contribution is 2.14. The minimum absolute atomic E-state index is 0. The smallest absolute Gasteiger partial charge is 0.324 e. The molecule has 1 aliphatic heterocycles. The van der Waals surface area contributed by atoms with Crippen molar-refractivity contribution in [2.45, 2.75) is 13.0 Å². The number of rotatable bonds is 3. The van der Waals surface area contributed by atoms with E-state index in [1.807, 2.05) is 24.3 Å². The zero-order valence-corrected chi connectivity index (χ0v) is 10.8. The van der Waals surface area contributed by atoms with Gasteiger partial charge in [0, 0.05) is 13.0 Å². The molecule has 3 amide bonds. The molecule has 0 aliphatic carbocycles. The van der Waals surface area contributed by atoms with Gasteiger partial charge in [0.25, 0.3) is 0 Å². The van der Waals surface area contributed by atoms with Gasteiger partial charge in [-0.3, -0.25) is 9.69 Å². The number of halogens is 1. The number of hydrogen-bond donors (Lipinski definition) is 1.